The van der Waals surface area contributed by atoms with Gasteiger partial charge in [0, 0.05) is 18.2 Å². The number of oxazole rings is 1. The Morgan fingerprint density at radius 1 is 1.00 bits per heavy atom. The monoisotopic (exact) mass is 426 g/mol. The lowest BCUT2D eigenvalue weighted by molar-refractivity contribution is -0.137. The minimum Gasteiger partial charge on any atom is -0.464 e. The van der Waals surface area contributed by atoms with Crippen LogP contribution in [0.4, 0.5) is 5.69 Å². The summed E-state index contributed by atoms with van der Waals surface area (Å²) >= 11 is 0. The summed E-state index contributed by atoms with van der Waals surface area (Å²) in [6.07, 6.45) is 3.91. The van der Waals surface area contributed by atoms with Crippen LogP contribution in [-0.2, 0) is 19.1 Å². The standard InChI is InChI=1S/C21H22N4O6/c1-5-15(18(27)24-16(6-2)21(29)30-4)23-19(28)17-11-31-20(25-17)13-7-9-14(10-8-13)22-12(3)26/h5-11H,1-4H3,(H,22,26)(H,23,28)(H,24,27)/b15-5-,16-6+. The number of carbonyl (C=O) groups excluding carboxylic acids is 4. The number of ether oxygens (including phenoxy) is 1. The number of allylic oxidation sites excluding steroid dienone is 2. The Kier molecular flexibility index (Phi) is 7.84. The molecule has 2 rings (SSSR count). The molecule has 0 aliphatic rings. The summed E-state index contributed by atoms with van der Waals surface area (Å²) in [5, 5.41) is 7.43. The summed E-state index contributed by atoms with van der Waals surface area (Å²) in [6, 6.07) is 6.69. The molecule has 1 aromatic heterocycles. The molecule has 10 heteroatoms. The molecule has 0 spiro atoms. The number of methoxy groups -OCH3 is 1. The van der Waals surface area contributed by atoms with E-state index in [9.17, 15) is 19.2 Å². The number of anilines is 1. The highest BCUT2D eigenvalue weighted by atomic mass is 16.5. The summed E-state index contributed by atoms with van der Waals surface area (Å²) < 4.78 is 9.91. The van der Waals surface area contributed by atoms with Gasteiger partial charge in [0.25, 0.3) is 11.8 Å². The maximum absolute atomic E-state index is 12.5. The molecule has 0 aliphatic carbocycles. The number of benzene rings is 1. The smallest absolute Gasteiger partial charge is 0.354 e. The van der Waals surface area contributed by atoms with Crippen LogP contribution in [0.2, 0.25) is 0 Å². The van der Waals surface area contributed by atoms with Crippen molar-refractivity contribution < 1.29 is 28.3 Å². The fraction of sp³-hybridized carbons (Fsp3) is 0.190. The second kappa shape index (κ2) is 10.5. The minimum absolute atomic E-state index is 0.0488. The van der Waals surface area contributed by atoms with E-state index in [4.69, 9.17) is 4.42 Å². The fourth-order valence-corrected chi connectivity index (χ4v) is 2.40. The van der Waals surface area contributed by atoms with Crippen molar-refractivity contribution in [2.24, 2.45) is 0 Å². The molecule has 1 heterocycles. The van der Waals surface area contributed by atoms with Gasteiger partial charge in [-0.15, -0.1) is 0 Å². The summed E-state index contributed by atoms with van der Waals surface area (Å²) in [5.74, 6) is -2.10. The molecule has 0 fully saturated rings. The van der Waals surface area contributed by atoms with E-state index in [1.807, 2.05) is 0 Å². The van der Waals surface area contributed by atoms with E-state index in [-0.39, 0.29) is 28.9 Å². The predicted molar refractivity (Wildman–Crippen MR) is 111 cm³/mol. The van der Waals surface area contributed by atoms with Crippen molar-refractivity contribution in [1.82, 2.24) is 15.6 Å². The zero-order chi connectivity index (χ0) is 23.0. The van der Waals surface area contributed by atoms with Crippen LogP contribution in [0, 0.1) is 0 Å². The fourth-order valence-electron chi connectivity index (χ4n) is 2.40. The maximum atomic E-state index is 12.5. The zero-order valence-corrected chi connectivity index (χ0v) is 17.4. The van der Waals surface area contributed by atoms with Gasteiger partial charge in [-0.25, -0.2) is 9.78 Å². The Hall–Kier alpha value is -4.21. The van der Waals surface area contributed by atoms with E-state index in [1.54, 1.807) is 38.1 Å². The molecule has 3 N–H and O–H groups in total. The number of amides is 3. The molecule has 0 atom stereocenters. The van der Waals surface area contributed by atoms with Crippen molar-refractivity contribution in [3.05, 3.63) is 59.8 Å². The first kappa shape index (κ1) is 23.1. The van der Waals surface area contributed by atoms with Crippen LogP contribution < -0.4 is 16.0 Å². The largest absolute Gasteiger partial charge is 0.464 e. The van der Waals surface area contributed by atoms with Crippen LogP contribution in [0.5, 0.6) is 0 Å². The van der Waals surface area contributed by atoms with Crippen LogP contribution in [0.25, 0.3) is 11.5 Å². The van der Waals surface area contributed by atoms with E-state index in [1.165, 1.54) is 26.2 Å². The molecule has 1 aromatic carbocycles. The lowest BCUT2D eigenvalue weighted by Crippen LogP contribution is -2.36. The topological polar surface area (TPSA) is 140 Å². The van der Waals surface area contributed by atoms with Gasteiger partial charge in [-0.3, -0.25) is 14.4 Å². The van der Waals surface area contributed by atoms with Crippen molar-refractivity contribution in [3.8, 4) is 11.5 Å². The number of nitrogens with zero attached hydrogens (tertiary/aromatic N) is 1. The highest BCUT2D eigenvalue weighted by Gasteiger charge is 2.20. The van der Waals surface area contributed by atoms with Gasteiger partial charge in [-0.2, -0.15) is 0 Å². The van der Waals surface area contributed by atoms with Gasteiger partial charge in [0.1, 0.15) is 17.7 Å². The number of nitrogens with one attached hydrogen (secondary N) is 3. The molecule has 10 nitrogen and oxygen atoms in total. The first-order valence-corrected chi connectivity index (χ1v) is 9.16. The van der Waals surface area contributed by atoms with E-state index >= 15 is 0 Å². The van der Waals surface area contributed by atoms with E-state index in [2.05, 4.69) is 25.7 Å². The Balaban J connectivity index is 2.08. The number of rotatable bonds is 7. The molecular weight excluding hydrogens is 404 g/mol. The minimum atomic E-state index is -0.719. The third-order valence-corrected chi connectivity index (χ3v) is 3.91. The molecule has 0 unspecified atom stereocenters. The quantitative estimate of drug-likeness (QED) is 0.455. The van der Waals surface area contributed by atoms with Gasteiger partial charge in [0.15, 0.2) is 5.69 Å². The summed E-state index contributed by atoms with van der Waals surface area (Å²) in [7, 11) is 1.19. The average Bonchev–Trinajstić information content (AvgIpc) is 3.25. The van der Waals surface area contributed by atoms with Gasteiger partial charge in [0.2, 0.25) is 11.8 Å². The first-order valence-electron chi connectivity index (χ1n) is 9.16. The lowest BCUT2D eigenvalue weighted by Gasteiger charge is -2.10. The van der Waals surface area contributed by atoms with Crippen LogP contribution in [-0.4, -0.2) is 35.8 Å². The second-order valence-electron chi connectivity index (χ2n) is 6.10. The zero-order valence-electron chi connectivity index (χ0n) is 17.4. The van der Waals surface area contributed by atoms with Gasteiger partial charge in [-0.1, -0.05) is 12.2 Å². The van der Waals surface area contributed by atoms with Crippen LogP contribution in [0.3, 0.4) is 0 Å². The molecule has 31 heavy (non-hydrogen) atoms. The van der Waals surface area contributed by atoms with Crippen molar-refractivity contribution in [3.63, 3.8) is 0 Å². The Morgan fingerprint density at radius 3 is 2.19 bits per heavy atom. The Bertz CT molecular complexity index is 1050. The highest BCUT2D eigenvalue weighted by Crippen LogP contribution is 2.21. The third kappa shape index (κ3) is 6.13. The molecule has 0 aliphatic heterocycles. The van der Waals surface area contributed by atoms with Crippen molar-refractivity contribution in [2.45, 2.75) is 20.8 Å². The normalized spacial score (nSPS) is 11.5. The molecule has 3 amide bonds. The Morgan fingerprint density at radius 2 is 1.65 bits per heavy atom. The van der Waals surface area contributed by atoms with Gasteiger partial charge in [0.05, 0.1) is 7.11 Å². The Labute approximate surface area is 178 Å². The van der Waals surface area contributed by atoms with Crippen molar-refractivity contribution >= 4 is 29.4 Å². The van der Waals surface area contributed by atoms with E-state index < -0.39 is 17.8 Å². The number of esters is 1. The van der Waals surface area contributed by atoms with Gasteiger partial charge < -0.3 is 25.1 Å². The molecule has 162 valence electrons. The summed E-state index contributed by atoms with van der Waals surface area (Å²) in [6.45, 7) is 4.51. The molecule has 0 bridgehead atoms. The molecule has 0 saturated carbocycles. The van der Waals surface area contributed by atoms with E-state index in [0.717, 1.165) is 6.26 Å². The number of hydrogen-bond acceptors (Lipinski definition) is 7. The summed E-state index contributed by atoms with van der Waals surface area (Å²) in [5.41, 5.74) is 1.00. The summed E-state index contributed by atoms with van der Waals surface area (Å²) in [4.78, 5) is 51.6. The number of carbonyl (C=O) groups is 4. The third-order valence-electron chi connectivity index (χ3n) is 3.91. The molecular formula is C21H22N4O6. The molecule has 2 aromatic rings. The van der Waals surface area contributed by atoms with Gasteiger partial charge >= 0.3 is 5.97 Å². The predicted octanol–water partition coefficient (Wildman–Crippen LogP) is 2.13. The van der Waals surface area contributed by atoms with Crippen LogP contribution in [0.1, 0.15) is 31.3 Å². The lowest BCUT2D eigenvalue weighted by atomic mass is 10.2. The molecule has 0 radical (unpaired) electrons. The second-order valence-corrected chi connectivity index (χ2v) is 6.10. The first-order chi connectivity index (χ1) is 14.8. The van der Waals surface area contributed by atoms with Crippen molar-refractivity contribution in [2.75, 3.05) is 12.4 Å². The van der Waals surface area contributed by atoms with Gasteiger partial charge in [-0.05, 0) is 38.1 Å². The molecule has 0 saturated heterocycles. The van der Waals surface area contributed by atoms with Crippen molar-refractivity contribution in [1.29, 1.82) is 0 Å². The van der Waals surface area contributed by atoms with E-state index in [0.29, 0.717) is 11.3 Å². The SMILES string of the molecule is C/C=C(\NC(=O)c1coc(-c2ccc(NC(C)=O)cc2)n1)C(=O)N/C(=C/C)C(=O)OC. The van der Waals surface area contributed by atoms with Crippen LogP contribution in [0.15, 0.2) is 58.5 Å². The number of hydrogen-bond donors (Lipinski definition) is 3. The average molecular weight is 426 g/mol. The highest BCUT2D eigenvalue weighted by molar-refractivity contribution is 6.04. The number of aromatic nitrogens is 1. The van der Waals surface area contributed by atoms with Crippen LogP contribution >= 0.6 is 0 Å². The maximum Gasteiger partial charge on any atom is 0.354 e.